The fourth-order valence-electron chi connectivity index (χ4n) is 3.12. The van der Waals surface area contributed by atoms with Crippen molar-refractivity contribution in [2.45, 2.75) is 11.8 Å². The number of methoxy groups -OCH3 is 1. The molecule has 3 rings (SSSR count). The standard InChI is InChI=1S/C24H24N2O6S/c1-3-32-24(28)18-10-9-11-19(16-18)25-23(27)17-26(21-14-7-8-15-22(21)31-2)33(29,30)20-12-5-4-6-13-20/h4-16H,3,17H2,1-2H3,(H,25,27). The van der Waals surface area contributed by atoms with Crippen LogP contribution in [0.25, 0.3) is 0 Å². The molecular formula is C24H24N2O6S. The second-order valence-corrected chi connectivity index (χ2v) is 8.71. The first kappa shape index (κ1) is 23.8. The lowest BCUT2D eigenvalue weighted by Gasteiger charge is -2.25. The summed E-state index contributed by atoms with van der Waals surface area (Å²) in [4.78, 5) is 24.9. The Balaban J connectivity index is 1.92. The van der Waals surface area contributed by atoms with Crippen LogP contribution in [-0.4, -0.2) is 40.6 Å². The highest BCUT2D eigenvalue weighted by Crippen LogP contribution is 2.32. The largest absolute Gasteiger partial charge is 0.495 e. The van der Waals surface area contributed by atoms with Gasteiger partial charge in [-0.25, -0.2) is 13.2 Å². The molecule has 1 amide bonds. The maximum atomic E-state index is 13.4. The van der Waals surface area contributed by atoms with E-state index in [2.05, 4.69) is 5.32 Å². The van der Waals surface area contributed by atoms with Crippen LogP contribution in [0.3, 0.4) is 0 Å². The van der Waals surface area contributed by atoms with E-state index in [1.54, 1.807) is 67.6 Å². The van der Waals surface area contributed by atoms with Crippen LogP contribution in [-0.2, 0) is 19.6 Å². The third kappa shape index (κ3) is 5.69. The summed E-state index contributed by atoms with van der Waals surface area (Å²) in [6, 6.07) is 20.6. The van der Waals surface area contributed by atoms with E-state index in [1.165, 1.54) is 25.3 Å². The summed E-state index contributed by atoms with van der Waals surface area (Å²) in [5, 5.41) is 2.65. The first-order valence-electron chi connectivity index (χ1n) is 10.1. The highest BCUT2D eigenvalue weighted by molar-refractivity contribution is 7.92. The normalized spacial score (nSPS) is 10.8. The molecule has 0 radical (unpaired) electrons. The number of sulfonamides is 1. The van der Waals surface area contributed by atoms with Gasteiger partial charge in [-0.1, -0.05) is 36.4 Å². The molecule has 0 aliphatic heterocycles. The van der Waals surface area contributed by atoms with E-state index in [-0.39, 0.29) is 22.8 Å². The summed E-state index contributed by atoms with van der Waals surface area (Å²) in [5.41, 5.74) is 0.829. The number of rotatable bonds is 9. The summed E-state index contributed by atoms with van der Waals surface area (Å²) in [6.45, 7) is 1.41. The summed E-state index contributed by atoms with van der Waals surface area (Å²) in [7, 11) is -2.66. The van der Waals surface area contributed by atoms with Crippen LogP contribution in [0.15, 0.2) is 83.8 Å². The number of esters is 1. The number of carbonyl (C=O) groups is 2. The molecule has 0 saturated heterocycles. The van der Waals surface area contributed by atoms with Crippen LogP contribution < -0.4 is 14.4 Å². The Morgan fingerprint density at radius 3 is 2.33 bits per heavy atom. The predicted octanol–water partition coefficient (Wildman–Crippen LogP) is 3.71. The van der Waals surface area contributed by atoms with Gasteiger partial charge in [0, 0.05) is 5.69 Å². The predicted molar refractivity (Wildman–Crippen MR) is 125 cm³/mol. The molecular weight excluding hydrogens is 444 g/mol. The molecule has 33 heavy (non-hydrogen) atoms. The lowest BCUT2D eigenvalue weighted by molar-refractivity contribution is -0.114. The molecule has 0 unspecified atom stereocenters. The molecule has 9 heteroatoms. The summed E-state index contributed by atoms with van der Waals surface area (Å²) < 4.78 is 38.2. The molecule has 0 saturated carbocycles. The van der Waals surface area contributed by atoms with Crippen molar-refractivity contribution in [3.8, 4) is 5.75 Å². The molecule has 0 aromatic heterocycles. The SMILES string of the molecule is CCOC(=O)c1cccc(NC(=O)CN(c2ccccc2OC)S(=O)(=O)c2ccccc2)c1. The molecule has 8 nitrogen and oxygen atoms in total. The van der Waals surface area contributed by atoms with Gasteiger partial charge in [-0.3, -0.25) is 9.10 Å². The number of hydrogen-bond acceptors (Lipinski definition) is 6. The lowest BCUT2D eigenvalue weighted by Crippen LogP contribution is -2.38. The minimum absolute atomic E-state index is 0.0352. The molecule has 0 fully saturated rings. The van der Waals surface area contributed by atoms with Gasteiger partial charge in [0.1, 0.15) is 12.3 Å². The highest BCUT2D eigenvalue weighted by atomic mass is 32.2. The van der Waals surface area contributed by atoms with Gasteiger partial charge in [0.15, 0.2) is 0 Å². The van der Waals surface area contributed by atoms with Gasteiger partial charge in [0.25, 0.3) is 10.0 Å². The molecule has 0 spiro atoms. The van der Waals surface area contributed by atoms with E-state index in [4.69, 9.17) is 9.47 Å². The second kappa shape index (κ2) is 10.6. The van der Waals surface area contributed by atoms with Crippen LogP contribution in [0.2, 0.25) is 0 Å². The van der Waals surface area contributed by atoms with Crippen molar-refractivity contribution in [2.24, 2.45) is 0 Å². The molecule has 1 N–H and O–H groups in total. The summed E-state index contributed by atoms with van der Waals surface area (Å²) in [5.74, 6) is -0.813. The van der Waals surface area contributed by atoms with Crippen LogP contribution in [0.5, 0.6) is 5.75 Å². The number of hydrogen-bond donors (Lipinski definition) is 1. The quantitative estimate of drug-likeness (QED) is 0.481. The van der Waals surface area contributed by atoms with Gasteiger partial charge >= 0.3 is 5.97 Å². The van der Waals surface area contributed by atoms with Crippen molar-refractivity contribution in [3.05, 3.63) is 84.4 Å². The fourth-order valence-corrected chi connectivity index (χ4v) is 4.58. The summed E-state index contributed by atoms with van der Waals surface area (Å²) >= 11 is 0. The van der Waals surface area contributed by atoms with Gasteiger partial charge in [-0.2, -0.15) is 0 Å². The zero-order chi connectivity index (χ0) is 23.8. The Morgan fingerprint density at radius 2 is 1.64 bits per heavy atom. The van der Waals surface area contributed by atoms with Crippen molar-refractivity contribution in [1.29, 1.82) is 0 Å². The van der Waals surface area contributed by atoms with E-state index in [1.807, 2.05) is 0 Å². The minimum Gasteiger partial charge on any atom is -0.495 e. The van der Waals surface area contributed by atoms with Crippen molar-refractivity contribution in [1.82, 2.24) is 0 Å². The van der Waals surface area contributed by atoms with Crippen LogP contribution in [0.1, 0.15) is 17.3 Å². The van der Waals surface area contributed by atoms with Crippen molar-refractivity contribution in [3.63, 3.8) is 0 Å². The summed E-state index contributed by atoms with van der Waals surface area (Å²) in [6.07, 6.45) is 0. The Morgan fingerprint density at radius 1 is 0.939 bits per heavy atom. The van der Waals surface area contributed by atoms with Gasteiger partial charge in [0.05, 0.1) is 29.9 Å². The molecule has 0 heterocycles. The molecule has 172 valence electrons. The van der Waals surface area contributed by atoms with Crippen LogP contribution in [0.4, 0.5) is 11.4 Å². The Hall–Kier alpha value is -3.85. The number of anilines is 2. The first-order valence-corrected chi connectivity index (χ1v) is 11.6. The van der Waals surface area contributed by atoms with E-state index in [0.717, 1.165) is 4.31 Å². The maximum absolute atomic E-state index is 13.4. The number of benzene rings is 3. The zero-order valence-corrected chi connectivity index (χ0v) is 19.0. The monoisotopic (exact) mass is 468 g/mol. The third-order valence-corrected chi connectivity index (χ3v) is 6.40. The number of nitrogens with one attached hydrogen (secondary N) is 1. The van der Waals surface area contributed by atoms with Crippen molar-refractivity contribution < 1.29 is 27.5 Å². The maximum Gasteiger partial charge on any atom is 0.338 e. The van der Waals surface area contributed by atoms with Crippen molar-refractivity contribution in [2.75, 3.05) is 29.9 Å². The van der Waals surface area contributed by atoms with Crippen molar-refractivity contribution >= 4 is 33.3 Å². The van der Waals surface area contributed by atoms with E-state index in [9.17, 15) is 18.0 Å². The van der Waals surface area contributed by atoms with E-state index < -0.39 is 28.4 Å². The van der Waals surface area contributed by atoms with Gasteiger partial charge in [-0.05, 0) is 49.4 Å². The smallest absolute Gasteiger partial charge is 0.338 e. The molecule has 0 aliphatic carbocycles. The highest BCUT2D eigenvalue weighted by Gasteiger charge is 2.29. The Labute approximate surface area is 192 Å². The average molecular weight is 469 g/mol. The second-order valence-electron chi connectivity index (χ2n) is 6.85. The number of amides is 1. The lowest BCUT2D eigenvalue weighted by atomic mass is 10.2. The third-order valence-electron chi connectivity index (χ3n) is 4.63. The van der Waals surface area contributed by atoms with Crippen LogP contribution in [0, 0.1) is 0 Å². The topological polar surface area (TPSA) is 102 Å². The first-order chi connectivity index (χ1) is 15.9. The molecule has 0 bridgehead atoms. The Kier molecular flexibility index (Phi) is 7.68. The Bertz CT molecular complexity index is 1230. The van der Waals surface area contributed by atoms with E-state index >= 15 is 0 Å². The number of carbonyl (C=O) groups excluding carboxylic acids is 2. The van der Waals surface area contributed by atoms with Gasteiger partial charge < -0.3 is 14.8 Å². The van der Waals surface area contributed by atoms with Crippen LogP contribution >= 0.6 is 0 Å². The molecule has 3 aromatic rings. The van der Waals surface area contributed by atoms with Gasteiger partial charge in [0.2, 0.25) is 5.91 Å². The molecule has 0 atom stereocenters. The number of nitrogens with zero attached hydrogens (tertiary/aromatic N) is 1. The zero-order valence-electron chi connectivity index (χ0n) is 18.2. The fraction of sp³-hybridized carbons (Fsp3) is 0.167. The molecule has 3 aromatic carbocycles. The number of para-hydroxylation sites is 2. The minimum atomic E-state index is -4.08. The van der Waals surface area contributed by atoms with Gasteiger partial charge in [-0.15, -0.1) is 0 Å². The van der Waals surface area contributed by atoms with E-state index in [0.29, 0.717) is 11.4 Å². The molecule has 0 aliphatic rings. The number of ether oxygens (including phenoxy) is 2. The average Bonchev–Trinajstić information content (AvgIpc) is 2.83.